The number of aromatic nitrogens is 4. The highest BCUT2D eigenvalue weighted by Gasteiger charge is 2.33. The minimum atomic E-state index is -0.790. The quantitative estimate of drug-likeness (QED) is 0.386. The predicted molar refractivity (Wildman–Crippen MR) is 146 cm³/mol. The molecule has 1 aliphatic heterocycles. The van der Waals surface area contributed by atoms with Crippen molar-refractivity contribution in [2.75, 3.05) is 6.61 Å². The highest BCUT2D eigenvalue weighted by molar-refractivity contribution is 5.94. The number of pyridine rings is 2. The summed E-state index contributed by atoms with van der Waals surface area (Å²) in [5.41, 5.74) is 4.21. The Morgan fingerprint density at radius 2 is 1.97 bits per heavy atom. The standard InChI is InChI=1S/C30H24N6O3/c1-30(16-31)17-39-15-22-6-4-19(10-25(22)30)28(37)33-14-23-11-27-21(12-32-23)7-8-26(35-27)18-3-5-20-13-34-36(2)29(38)24(20)9-18/h3-13H,14-15,17H2,1-2H3,(H,33,37)/t30-/m1/s1. The van der Waals surface area contributed by atoms with E-state index < -0.39 is 5.41 Å². The number of benzene rings is 2. The van der Waals surface area contributed by atoms with E-state index in [0.717, 1.165) is 38.7 Å². The fourth-order valence-electron chi connectivity index (χ4n) is 4.87. The molecule has 3 aromatic heterocycles. The Hall–Kier alpha value is -4.94. The van der Waals surface area contributed by atoms with Crippen LogP contribution in [0.3, 0.4) is 0 Å². The van der Waals surface area contributed by atoms with Crippen molar-refractivity contribution in [2.24, 2.45) is 7.05 Å². The summed E-state index contributed by atoms with van der Waals surface area (Å²) in [6.45, 7) is 2.76. The monoisotopic (exact) mass is 516 g/mol. The average Bonchev–Trinajstić information content (AvgIpc) is 2.97. The third kappa shape index (κ3) is 4.41. The van der Waals surface area contributed by atoms with Crippen molar-refractivity contribution < 1.29 is 9.53 Å². The Morgan fingerprint density at radius 1 is 1.13 bits per heavy atom. The van der Waals surface area contributed by atoms with Crippen LogP contribution in [0, 0.1) is 11.3 Å². The highest BCUT2D eigenvalue weighted by Crippen LogP contribution is 2.32. The van der Waals surface area contributed by atoms with Crippen molar-refractivity contribution in [3.8, 4) is 17.3 Å². The molecule has 9 nitrogen and oxygen atoms in total. The zero-order chi connectivity index (χ0) is 27.1. The lowest BCUT2D eigenvalue weighted by Gasteiger charge is -2.30. The second-order valence-electron chi connectivity index (χ2n) is 9.93. The molecule has 1 N–H and O–H groups in total. The summed E-state index contributed by atoms with van der Waals surface area (Å²) in [4.78, 5) is 34.8. The lowest BCUT2D eigenvalue weighted by molar-refractivity contribution is 0.0757. The van der Waals surface area contributed by atoms with E-state index in [2.05, 4.69) is 21.5 Å². The largest absolute Gasteiger partial charge is 0.375 e. The number of ether oxygens (including phenoxy) is 1. The summed E-state index contributed by atoms with van der Waals surface area (Å²) >= 11 is 0. The molecule has 0 aliphatic carbocycles. The number of nitrogens with one attached hydrogen (secondary N) is 1. The molecule has 0 bridgehead atoms. The summed E-state index contributed by atoms with van der Waals surface area (Å²) in [5.74, 6) is -0.250. The van der Waals surface area contributed by atoms with E-state index >= 15 is 0 Å². The third-order valence-corrected chi connectivity index (χ3v) is 7.17. The van der Waals surface area contributed by atoms with Gasteiger partial charge in [0.1, 0.15) is 5.41 Å². The van der Waals surface area contributed by atoms with Gasteiger partial charge in [-0.3, -0.25) is 14.6 Å². The second-order valence-corrected chi connectivity index (χ2v) is 9.93. The van der Waals surface area contributed by atoms with Gasteiger partial charge >= 0.3 is 0 Å². The molecule has 1 atom stereocenters. The van der Waals surface area contributed by atoms with Crippen LogP contribution in [-0.4, -0.2) is 32.3 Å². The first-order valence-electron chi connectivity index (χ1n) is 12.5. The Bertz CT molecular complexity index is 1890. The summed E-state index contributed by atoms with van der Waals surface area (Å²) in [6.07, 6.45) is 3.40. The van der Waals surface area contributed by atoms with Gasteiger partial charge in [0.2, 0.25) is 0 Å². The van der Waals surface area contributed by atoms with E-state index in [1.807, 2.05) is 49.4 Å². The molecule has 2 aromatic carbocycles. The molecule has 1 amide bonds. The number of hydrogen-bond donors (Lipinski definition) is 1. The number of carbonyl (C=O) groups excluding carboxylic acids is 1. The molecule has 5 aromatic rings. The minimum Gasteiger partial charge on any atom is -0.375 e. The average molecular weight is 517 g/mol. The van der Waals surface area contributed by atoms with E-state index in [1.54, 1.807) is 31.6 Å². The zero-order valence-corrected chi connectivity index (χ0v) is 21.4. The van der Waals surface area contributed by atoms with Crippen molar-refractivity contribution in [1.82, 2.24) is 25.1 Å². The molecule has 0 saturated carbocycles. The lowest BCUT2D eigenvalue weighted by atomic mass is 9.79. The van der Waals surface area contributed by atoms with Gasteiger partial charge in [0.25, 0.3) is 11.5 Å². The molecular weight excluding hydrogens is 492 g/mol. The topological polar surface area (TPSA) is 123 Å². The van der Waals surface area contributed by atoms with E-state index in [1.165, 1.54) is 4.68 Å². The van der Waals surface area contributed by atoms with Crippen LogP contribution in [0.2, 0.25) is 0 Å². The molecule has 192 valence electrons. The lowest BCUT2D eigenvalue weighted by Crippen LogP contribution is -2.33. The van der Waals surface area contributed by atoms with Gasteiger partial charge in [0.05, 0.1) is 54.3 Å². The van der Waals surface area contributed by atoms with Crippen molar-refractivity contribution in [1.29, 1.82) is 5.26 Å². The Kier molecular flexibility index (Phi) is 5.89. The smallest absolute Gasteiger partial charge is 0.274 e. The molecule has 0 spiro atoms. The second kappa shape index (κ2) is 9.42. The van der Waals surface area contributed by atoms with E-state index in [-0.39, 0.29) is 18.0 Å². The normalized spacial score (nSPS) is 16.5. The van der Waals surface area contributed by atoms with Crippen LogP contribution in [0.1, 0.15) is 34.1 Å². The molecule has 0 radical (unpaired) electrons. The maximum Gasteiger partial charge on any atom is 0.274 e. The molecule has 0 saturated heterocycles. The van der Waals surface area contributed by atoms with Gasteiger partial charge in [-0.15, -0.1) is 0 Å². The van der Waals surface area contributed by atoms with Gasteiger partial charge in [-0.05, 0) is 54.4 Å². The number of carbonyl (C=O) groups is 1. The van der Waals surface area contributed by atoms with Crippen LogP contribution in [-0.2, 0) is 30.4 Å². The summed E-state index contributed by atoms with van der Waals surface area (Å²) < 4.78 is 6.87. The molecule has 6 rings (SSSR count). The fourth-order valence-corrected chi connectivity index (χ4v) is 4.87. The Balaban J connectivity index is 1.24. The number of rotatable bonds is 4. The number of amides is 1. The maximum atomic E-state index is 13.0. The van der Waals surface area contributed by atoms with Crippen molar-refractivity contribution in [3.05, 3.63) is 99.7 Å². The zero-order valence-electron chi connectivity index (χ0n) is 21.4. The van der Waals surface area contributed by atoms with Crippen LogP contribution in [0.25, 0.3) is 32.9 Å². The summed E-state index contributed by atoms with van der Waals surface area (Å²) in [6, 6.07) is 19.0. The summed E-state index contributed by atoms with van der Waals surface area (Å²) in [5, 5.41) is 18.9. The third-order valence-electron chi connectivity index (χ3n) is 7.17. The van der Waals surface area contributed by atoms with E-state index in [9.17, 15) is 14.9 Å². The number of aryl methyl sites for hydroxylation is 1. The maximum absolute atomic E-state index is 13.0. The number of fused-ring (bicyclic) bond motifs is 3. The molecular formula is C30H24N6O3. The first-order valence-corrected chi connectivity index (χ1v) is 12.5. The van der Waals surface area contributed by atoms with Gasteiger partial charge in [-0.25, -0.2) is 9.67 Å². The van der Waals surface area contributed by atoms with Crippen LogP contribution in [0.15, 0.2) is 71.8 Å². The van der Waals surface area contributed by atoms with Crippen molar-refractivity contribution in [3.63, 3.8) is 0 Å². The number of nitrogens with zero attached hydrogens (tertiary/aromatic N) is 5. The van der Waals surface area contributed by atoms with Gasteiger partial charge in [-0.2, -0.15) is 10.4 Å². The van der Waals surface area contributed by atoms with Gasteiger partial charge in [0, 0.05) is 35.1 Å². The van der Waals surface area contributed by atoms with Crippen LogP contribution in [0.4, 0.5) is 0 Å². The molecule has 1 aliphatic rings. The molecule has 39 heavy (non-hydrogen) atoms. The SMILES string of the molecule is Cn1ncc2ccc(-c3ccc4cnc(CNC(=O)c5ccc6c(c5)[C@](C)(C#N)COC6)cc4n3)cc2c1=O. The summed E-state index contributed by atoms with van der Waals surface area (Å²) in [7, 11) is 1.62. The van der Waals surface area contributed by atoms with Crippen LogP contribution >= 0.6 is 0 Å². The number of nitriles is 1. The van der Waals surface area contributed by atoms with Gasteiger partial charge in [-0.1, -0.05) is 18.2 Å². The van der Waals surface area contributed by atoms with Gasteiger partial charge in [0.15, 0.2) is 0 Å². The molecule has 9 heteroatoms. The van der Waals surface area contributed by atoms with Crippen LogP contribution in [0.5, 0.6) is 0 Å². The molecule has 0 unspecified atom stereocenters. The van der Waals surface area contributed by atoms with E-state index in [4.69, 9.17) is 9.72 Å². The first-order chi connectivity index (χ1) is 18.8. The number of hydrogen-bond acceptors (Lipinski definition) is 7. The molecule has 4 heterocycles. The highest BCUT2D eigenvalue weighted by atomic mass is 16.5. The minimum absolute atomic E-state index is 0.165. The Morgan fingerprint density at radius 3 is 2.82 bits per heavy atom. The van der Waals surface area contributed by atoms with Crippen molar-refractivity contribution in [2.45, 2.75) is 25.5 Å². The predicted octanol–water partition coefficient (Wildman–Crippen LogP) is 3.79. The molecule has 0 fully saturated rings. The van der Waals surface area contributed by atoms with Gasteiger partial charge < -0.3 is 10.1 Å². The van der Waals surface area contributed by atoms with Crippen molar-refractivity contribution >= 4 is 27.6 Å². The fraction of sp³-hybridized carbons (Fsp3) is 0.200. The Labute approximate surface area is 223 Å². The van der Waals surface area contributed by atoms with Crippen LogP contribution < -0.4 is 10.9 Å². The van der Waals surface area contributed by atoms with E-state index in [0.29, 0.717) is 29.9 Å². The first kappa shape index (κ1) is 24.4.